The molecule has 102 valence electrons. The number of carbonyl (C=O) groups is 2. The highest BCUT2D eigenvalue weighted by Gasteiger charge is 2.37. The number of hydrogen-bond donors (Lipinski definition) is 2. The van der Waals surface area contributed by atoms with Gasteiger partial charge in [-0.2, -0.15) is 0 Å². The van der Waals surface area contributed by atoms with Gasteiger partial charge in [0.2, 0.25) is 5.91 Å². The number of aliphatic carboxylic acids is 1. The number of carbonyl (C=O) groups excluding carboxylic acids is 1. The van der Waals surface area contributed by atoms with Crippen molar-refractivity contribution in [1.29, 1.82) is 0 Å². The van der Waals surface area contributed by atoms with Crippen LogP contribution >= 0.6 is 0 Å². The summed E-state index contributed by atoms with van der Waals surface area (Å²) in [5, 5.41) is 12.1. The Morgan fingerprint density at radius 2 is 1.89 bits per heavy atom. The lowest BCUT2D eigenvalue weighted by atomic mass is 9.87. The Kier molecular flexibility index (Phi) is 4.22. The predicted octanol–water partition coefficient (Wildman–Crippen LogP) is 0.840. The van der Waals surface area contributed by atoms with E-state index in [2.05, 4.69) is 5.32 Å². The number of amides is 1. The van der Waals surface area contributed by atoms with E-state index in [-0.39, 0.29) is 17.9 Å². The van der Waals surface area contributed by atoms with Crippen molar-refractivity contribution in [1.82, 2.24) is 10.2 Å². The zero-order chi connectivity index (χ0) is 13.1. The average molecular weight is 254 g/mol. The summed E-state index contributed by atoms with van der Waals surface area (Å²) in [5.41, 5.74) is 0. The van der Waals surface area contributed by atoms with E-state index >= 15 is 0 Å². The van der Waals surface area contributed by atoms with E-state index in [0.29, 0.717) is 13.1 Å². The van der Waals surface area contributed by atoms with Crippen LogP contribution in [0.15, 0.2) is 0 Å². The van der Waals surface area contributed by atoms with Gasteiger partial charge < -0.3 is 15.3 Å². The summed E-state index contributed by atoms with van der Waals surface area (Å²) < 4.78 is 0. The fraction of sp³-hybridized carbons (Fsp3) is 0.846. The second-order valence-corrected chi connectivity index (χ2v) is 5.38. The molecule has 0 bridgehead atoms. The molecule has 2 unspecified atom stereocenters. The summed E-state index contributed by atoms with van der Waals surface area (Å²) in [6, 6.07) is -0.892. The zero-order valence-corrected chi connectivity index (χ0v) is 10.9. The summed E-state index contributed by atoms with van der Waals surface area (Å²) in [7, 11) is 0. The first kappa shape index (κ1) is 13.3. The Hall–Kier alpha value is -1.10. The first-order chi connectivity index (χ1) is 8.61. The third kappa shape index (κ3) is 2.66. The summed E-state index contributed by atoms with van der Waals surface area (Å²) >= 11 is 0. The molecule has 5 nitrogen and oxygen atoms in total. The Morgan fingerprint density at radius 3 is 2.50 bits per heavy atom. The Labute approximate surface area is 108 Å². The van der Waals surface area contributed by atoms with Gasteiger partial charge in [0.1, 0.15) is 6.04 Å². The van der Waals surface area contributed by atoms with Crippen LogP contribution in [-0.4, -0.2) is 47.1 Å². The maximum atomic E-state index is 12.4. The standard InChI is InChI=1S/C13H22N2O3/c1-9-11(13(17)18)14-7-8-15(9)12(16)10-5-3-2-4-6-10/h9-11,14H,2-8H2,1H3,(H,17,18). The third-order valence-electron chi connectivity index (χ3n) is 4.19. The monoisotopic (exact) mass is 254 g/mol. The predicted molar refractivity (Wildman–Crippen MR) is 67.2 cm³/mol. The maximum Gasteiger partial charge on any atom is 0.322 e. The summed E-state index contributed by atoms with van der Waals surface area (Å²) in [4.78, 5) is 25.3. The molecule has 1 saturated carbocycles. The minimum absolute atomic E-state index is 0.119. The van der Waals surface area contributed by atoms with Crippen molar-refractivity contribution < 1.29 is 14.7 Å². The van der Waals surface area contributed by atoms with E-state index in [1.807, 2.05) is 6.92 Å². The smallest absolute Gasteiger partial charge is 0.322 e. The minimum Gasteiger partial charge on any atom is -0.480 e. The lowest BCUT2D eigenvalue weighted by Crippen LogP contribution is -2.62. The summed E-state index contributed by atoms with van der Waals surface area (Å²) in [6.07, 6.45) is 5.40. The molecule has 0 spiro atoms. The van der Waals surface area contributed by atoms with Crippen molar-refractivity contribution >= 4 is 11.9 Å². The van der Waals surface area contributed by atoms with Crippen molar-refractivity contribution in [3.8, 4) is 0 Å². The van der Waals surface area contributed by atoms with Gasteiger partial charge >= 0.3 is 5.97 Å². The molecule has 1 amide bonds. The highest BCUT2D eigenvalue weighted by atomic mass is 16.4. The molecular weight excluding hydrogens is 232 g/mol. The molecule has 5 heteroatoms. The van der Waals surface area contributed by atoms with Crippen LogP contribution in [0.5, 0.6) is 0 Å². The number of nitrogens with zero attached hydrogens (tertiary/aromatic N) is 1. The molecule has 2 rings (SSSR count). The topological polar surface area (TPSA) is 69.6 Å². The van der Waals surface area contributed by atoms with Gasteiger partial charge in [0.05, 0.1) is 6.04 Å². The second kappa shape index (κ2) is 5.69. The Balaban J connectivity index is 2.02. The van der Waals surface area contributed by atoms with Crippen LogP contribution in [0.25, 0.3) is 0 Å². The van der Waals surface area contributed by atoms with Crippen LogP contribution in [0, 0.1) is 5.92 Å². The third-order valence-corrected chi connectivity index (χ3v) is 4.19. The molecule has 1 aliphatic heterocycles. The highest BCUT2D eigenvalue weighted by Crippen LogP contribution is 2.26. The SMILES string of the molecule is CC1C(C(=O)O)NCCN1C(=O)C1CCCCC1. The molecule has 0 aromatic heterocycles. The van der Waals surface area contributed by atoms with Gasteiger partial charge in [0, 0.05) is 19.0 Å². The number of carboxylic acid groups (broad SMARTS) is 1. The second-order valence-electron chi connectivity index (χ2n) is 5.38. The molecule has 1 saturated heterocycles. The molecule has 0 aromatic rings. The molecule has 0 radical (unpaired) electrons. The minimum atomic E-state index is -0.872. The number of piperazine rings is 1. The van der Waals surface area contributed by atoms with E-state index in [1.54, 1.807) is 4.90 Å². The van der Waals surface area contributed by atoms with Crippen LogP contribution in [-0.2, 0) is 9.59 Å². The zero-order valence-electron chi connectivity index (χ0n) is 10.9. The van der Waals surface area contributed by atoms with Crippen LogP contribution in [0.2, 0.25) is 0 Å². The van der Waals surface area contributed by atoms with Gasteiger partial charge in [0.25, 0.3) is 0 Å². The molecule has 18 heavy (non-hydrogen) atoms. The lowest BCUT2D eigenvalue weighted by molar-refractivity contribution is -0.147. The van der Waals surface area contributed by atoms with E-state index in [0.717, 1.165) is 25.7 Å². The van der Waals surface area contributed by atoms with Gasteiger partial charge in [-0.05, 0) is 19.8 Å². The fourth-order valence-electron chi connectivity index (χ4n) is 3.08. The van der Waals surface area contributed by atoms with Gasteiger partial charge in [-0.1, -0.05) is 19.3 Å². The van der Waals surface area contributed by atoms with Crippen molar-refractivity contribution in [2.45, 2.75) is 51.1 Å². The van der Waals surface area contributed by atoms with Gasteiger partial charge in [-0.3, -0.25) is 9.59 Å². The molecule has 1 heterocycles. The van der Waals surface area contributed by atoms with Crippen molar-refractivity contribution in [3.05, 3.63) is 0 Å². The molecular formula is C13H22N2O3. The van der Waals surface area contributed by atoms with E-state index < -0.39 is 12.0 Å². The molecule has 1 aliphatic carbocycles. The first-order valence-corrected chi connectivity index (χ1v) is 6.88. The Bertz CT molecular complexity index is 326. The normalized spacial score (nSPS) is 30.2. The number of carboxylic acids is 1. The highest BCUT2D eigenvalue weighted by molar-refractivity contribution is 5.81. The average Bonchev–Trinajstić information content (AvgIpc) is 2.39. The summed E-state index contributed by atoms with van der Waals surface area (Å²) in [5.74, 6) is -0.590. The molecule has 2 N–H and O–H groups in total. The van der Waals surface area contributed by atoms with Gasteiger partial charge in [0.15, 0.2) is 0 Å². The quantitative estimate of drug-likeness (QED) is 0.766. The molecule has 0 aromatic carbocycles. The summed E-state index contributed by atoms with van der Waals surface area (Å²) in [6.45, 7) is 3.02. The molecule has 2 aliphatic rings. The van der Waals surface area contributed by atoms with Crippen LogP contribution in [0.1, 0.15) is 39.0 Å². The van der Waals surface area contributed by atoms with E-state index in [9.17, 15) is 9.59 Å². The maximum absolute atomic E-state index is 12.4. The van der Waals surface area contributed by atoms with Crippen LogP contribution in [0.3, 0.4) is 0 Å². The van der Waals surface area contributed by atoms with Crippen molar-refractivity contribution in [2.75, 3.05) is 13.1 Å². The fourth-order valence-corrected chi connectivity index (χ4v) is 3.08. The van der Waals surface area contributed by atoms with E-state index in [1.165, 1.54) is 6.42 Å². The lowest BCUT2D eigenvalue weighted by Gasteiger charge is -2.40. The van der Waals surface area contributed by atoms with Crippen molar-refractivity contribution in [2.24, 2.45) is 5.92 Å². The van der Waals surface area contributed by atoms with Crippen LogP contribution < -0.4 is 5.32 Å². The van der Waals surface area contributed by atoms with Gasteiger partial charge in [-0.15, -0.1) is 0 Å². The largest absolute Gasteiger partial charge is 0.480 e. The van der Waals surface area contributed by atoms with Crippen LogP contribution in [0.4, 0.5) is 0 Å². The Morgan fingerprint density at radius 1 is 1.22 bits per heavy atom. The van der Waals surface area contributed by atoms with Gasteiger partial charge in [-0.25, -0.2) is 0 Å². The van der Waals surface area contributed by atoms with E-state index in [4.69, 9.17) is 5.11 Å². The van der Waals surface area contributed by atoms with Crippen molar-refractivity contribution in [3.63, 3.8) is 0 Å². The molecule has 2 fully saturated rings. The number of rotatable bonds is 2. The molecule has 2 atom stereocenters. The number of hydrogen-bond acceptors (Lipinski definition) is 3. The first-order valence-electron chi connectivity index (χ1n) is 6.88. The number of nitrogens with one attached hydrogen (secondary N) is 1.